The molecule has 2 amide bonds. The van der Waals surface area contributed by atoms with Gasteiger partial charge in [-0.05, 0) is 60.8 Å². The summed E-state index contributed by atoms with van der Waals surface area (Å²) in [7, 11) is 0. The van der Waals surface area contributed by atoms with E-state index in [2.05, 4.69) is 33.5 Å². The number of para-hydroxylation sites is 1. The summed E-state index contributed by atoms with van der Waals surface area (Å²) in [5, 5.41) is 6.43. The zero-order chi connectivity index (χ0) is 16.4. The molecule has 3 unspecified atom stereocenters. The van der Waals surface area contributed by atoms with E-state index >= 15 is 0 Å². The van der Waals surface area contributed by atoms with Crippen LogP contribution in [0.2, 0.25) is 0 Å². The first-order chi connectivity index (χ1) is 11.1. The van der Waals surface area contributed by atoms with Gasteiger partial charge in [-0.15, -0.1) is 12.4 Å². The summed E-state index contributed by atoms with van der Waals surface area (Å²) < 4.78 is 0.875. The number of anilines is 1. The average Bonchev–Trinajstić information content (AvgIpc) is 2.92. The number of benzene rings is 1. The SMILES string of the molecule is CC1NCCCC1NC(=O)C1CCN(c2ccccc2Br)C1=O.Cl. The topological polar surface area (TPSA) is 61.4 Å². The molecule has 0 bridgehead atoms. The van der Waals surface area contributed by atoms with E-state index in [1.165, 1.54) is 0 Å². The van der Waals surface area contributed by atoms with E-state index in [4.69, 9.17) is 0 Å². The van der Waals surface area contributed by atoms with Gasteiger partial charge in [-0.1, -0.05) is 12.1 Å². The van der Waals surface area contributed by atoms with Gasteiger partial charge in [0.1, 0.15) is 5.92 Å². The van der Waals surface area contributed by atoms with Crippen molar-refractivity contribution in [3.05, 3.63) is 28.7 Å². The maximum Gasteiger partial charge on any atom is 0.239 e. The van der Waals surface area contributed by atoms with Crippen molar-refractivity contribution < 1.29 is 9.59 Å². The van der Waals surface area contributed by atoms with Gasteiger partial charge in [0, 0.05) is 23.1 Å². The molecule has 0 aliphatic carbocycles. The Morgan fingerprint density at radius 3 is 2.79 bits per heavy atom. The molecule has 1 aromatic carbocycles. The number of amides is 2. The fourth-order valence-electron chi connectivity index (χ4n) is 3.36. The van der Waals surface area contributed by atoms with Gasteiger partial charge in [0.05, 0.1) is 5.69 Å². The van der Waals surface area contributed by atoms with Crippen molar-refractivity contribution in [1.82, 2.24) is 10.6 Å². The molecule has 3 rings (SSSR count). The lowest BCUT2D eigenvalue weighted by Crippen LogP contribution is -2.53. The zero-order valence-corrected chi connectivity index (χ0v) is 16.0. The van der Waals surface area contributed by atoms with Crippen LogP contribution in [0.5, 0.6) is 0 Å². The smallest absolute Gasteiger partial charge is 0.239 e. The number of piperidine rings is 1. The number of nitrogens with one attached hydrogen (secondary N) is 2. The number of hydrogen-bond donors (Lipinski definition) is 2. The second-order valence-corrected chi connectivity index (χ2v) is 7.14. The van der Waals surface area contributed by atoms with Crippen LogP contribution in [0.25, 0.3) is 0 Å². The van der Waals surface area contributed by atoms with Crippen LogP contribution in [0.4, 0.5) is 5.69 Å². The molecule has 0 saturated carbocycles. The quantitative estimate of drug-likeness (QED) is 0.744. The third-order valence-electron chi connectivity index (χ3n) is 4.75. The molecule has 24 heavy (non-hydrogen) atoms. The highest BCUT2D eigenvalue weighted by Gasteiger charge is 2.39. The summed E-state index contributed by atoms with van der Waals surface area (Å²) in [5.41, 5.74) is 0.834. The number of halogens is 2. The molecule has 3 atom stereocenters. The van der Waals surface area contributed by atoms with E-state index in [1.807, 2.05) is 24.3 Å². The largest absolute Gasteiger partial charge is 0.351 e. The Morgan fingerprint density at radius 1 is 1.33 bits per heavy atom. The molecule has 2 aliphatic rings. The van der Waals surface area contributed by atoms with Crippen molar-refractivity contribution in [3.8, 4) is 0 Å². The maximum absolute atomic E-state index is 12.7. The van der Waals surface area contributed by atoms with E-state index in [0.29, 0.717) is 13.0 Å². The summed E-state index contributed by atoms with van der Waals surface area (Å²) in [6.45, 7) is 3.65. The lowest BCUT2D eigenvalue weighted by atomic mass is 9.98. The normalized spacial score (nSPS) is 26.8. The van der Waals surface area contributed by atoms with Crippen LogP contribution in [-0.2, 0) is 9.59 Å². The molecule has 0 aromatic heterocycles. The van der Waals surface area contributed by atoms with Crippen molar-refractivity contribution in [2.45, 2.75) is 38.3 Å². The van der Waals surface area contributed by atoms with E-state index in [1.54, 1.807) is 4.90 Å². The van der Waals surface area contributed by atoms with Gasteiger partial charge in [0.2, 0.25) is 11.8 Å². The van der Waals surface area contributed by atoms with E-state index < -0.39 is 5.92 Å². The third kappa shape index (κ3) is 3.92. The Morgan fingerprint density at radius 2 is 2.08 bits per heavy atom. The molecule has 2 heterocycles. The number of hydrogen-bond acceptors (Lipinski definition) is 3. The molecule has 2 N–H and O–H groups in total. The maximum atomic E-state index is 12.7. The molecule has 2 fully saturated rings. The number of carbonyl (C=O) groups excluding carboxylic acids is 2. The monoisotopic (exact) mass is 415 g/mol. The van der Waals surface area contributed by atoms with Crippen molar-refractivity contribution in [1.29, 1.82) is 0 Å². The molecule has 132 valence electrons. The summed E-state index contributed by atoms with van der Waals surface area (Å²) in [5.74, 6) is -0.813. The summed E-state index contributed by atoms with van der Waals surface area (Å²) in [6, 6.07) is 7.98. The second-order valence-electron chi connectivity index (χ2n) is 6.28. The van der Waals surface area contributed by atoms with Crippen LogP contribution < -0.4 is 15.5 Å². The molecule has 1 aromatic rings. The van der Waals surface area contributed by atoms with E-state index in [-0.39, 0.29) is 36.3 Å². The van der Waals surface area contributed by atoms with E-state index in [0.717, 1.165) is 29.5 Å². The van der Waals surface area contributed by atoms with Crippen molar-refractivity contribution in [2.75, 3.05) is 18.0 Å². The van der Waals surface area contributed by atoms with Crippen LogP contribution >= 0.6 is 28.3 Å². The molecule has 5 nitrogen and oxygen atoms in total. The van der Waals surface area contributed by atoms with Crippen LogP contribution in [-0.4, -0.2) is 37.0 Å². The molecule has 2 aliphatic heterocycles. The van der Waals surface area contributed by atoms with Gasteiger partial charge in [0.15, 0.2) is 0 Å². The highest BCUT2D eigenvalue weighted by molar-refractivity contribution is 9.10. The van der Waals surface area contributed by atoms with Crippen LogP contribution in [0.15, 0.2) is 28.7 Å². The van der Waals surface area contributed by atoms with Gasteiger partial charge in [-0.3, -0.25) is 9.59 Å². The van der Waals surface area contributed by atoms with Crippen LogP contribution in [0, 0.1) is 5.92 Å². The standard InChI is InChI=1S/C17H22BrN3O2.ClH/c1-11-14(6-4-9-19-11)20-16(22)12-8-10-21(17(12)23)15-7-3-2-5-13(15)18;/h2-3,5,7,11-12,14,19H,4,6,8-10H2,1H3,(H,20,22);1H. The first-order valence-corrected chi connectivity index (χ1v) is 8.97. The molecule has 0 spiro atoms. The van der Waals surface area contributed by atoms with Crippen LogP contribution in [0.3, 0.4) is 0 Å². The average molecular weight is 417 g/mol. The van der Waals surface area contributed by atoms with Crippen molar-refractivity contribution in [2.24, 2.45) is 5.92 Å². The van der Waals surface area contributed by atoms with Crippen LogP contribution in [0.1, 0.15) is 26.2 Å². The predicted octanol–water partition coefficient (Wildman–Crippen LogP) is 2.48. The molecule has 0 radical (unpaired) electrons. The minimum Gasteiger partial charge on any atom is -0.351 e. The Labute approximate surface area is 157 Å². The number of rotatable bonds is 3. The number of nitrogens with zero attached hydrogens (tertiary/aromatic N) is 1. The highest BCUT2D eigenvalue weighted by atomic mass is 79.9. The van der Waals surface area contributed by atoms with Crippen molar-refractivity contribution in [3.63, 3.8) is 0 Å². The highest BCUT2D eigenvalue weighted by Crippen LogP contribution is 2.31. The molecular formula is C17H23BrClN3O2. The molecular weight excluding hydrogens is 394 g/mol. The Kier molecular flexibility index (Phi) is 6.66. The number of carbonyl (C=O) groups is 2. The summed E-state index contributed by atoms with van der Waals surface area (Å²) in [6.07, 6.45) is 2.59. The summed E-state index contributed by atoms with van der Waals surface area (Å²) in [4.78, 5) is 26.9. The first-order valence-electron chi connectivity index (χ1n) is 8.17. The second kappa shape index (κ2) is 8.32. The Balaban J connectivity index is 0.00000208. The fraction of sp³-hybridized carbons (Fsp3) is 0.529. The zero-order valence-electron chi connectivity index (χ0n) is 13.6. The molecule has 7 heteroatoms. The predicted molar refractivity (Wildman–Crippen MR) is 100 cm³/mol. The Bertz CT molecular complexity index is 613. The van der Waals surface area contributed by atoms with Gasteiger partial charge in [0.25, 0.3) is 0 Å². The minimum atomic E-state index is -0.573. The lowest BCUT2D eigenvalue weighted by Gasteiger charge is -2.31. The van der Waals surface area contributed by atoms with Gasteiger partial charge >= 0.3 is 0 Å². The van der Waals surface area contributed by atoms with Gasteiger partial charge in [-0.2, -0.15) is 0 Å². The first kappa shape index (κ1) is 19.2. The lowest BCUT2D eigenvalue weighted by molar-refractivity contribution is -0.132. The van der Waals surface area contributed by atoms with Crippen molar-refractivity contribution >= 4 is 45.8 Å². The Hall–Kier alpha value is -1.11. The fourth-order valence-corrected chi connectivity index (χ4v) is 3.86. The third-order valence-corrected chi connectivity index (χ3v) is 5.43. The van der Waals surface area contributed by atoms with Gasteiger partial charge < -0.3 is 15.5 Å². The molecule has 2 saturated heterocycles. The van der Waals surface area contributed by atoms with E-state index in [9.17, 15) is 9.59 Å². The minimum absolute atomic E-state index is 0. The summed E-state index contributed by atoms with van der Waals surface area (Å²) >= 11 is 3.48. The van der Waals surface area contributed by atoms with Gasteiger partial charge in [-0.25, -0.2) is 0 Å².